The van der Waals surface area contributed by atoms with Crippen LogP contribution in [-0.4, -0.2) is 17.4 Å². The highest BCUT2D eigenvalue weighted by atomic mass is 32.1. The predicted molar refractivity (Wildman–Crippen MR) is 109 cm³/mol. The fourth-order valence-corrected chi connectivity index (χ4v) is 3.73. The van der Waals surface area contributed by atoms with Crippen molar-refractivity contribution >= 4 is 17.2 Å². The molecule has 0 atom stereocenters. The highest BCUT2D eigenvalue weighted by Gasteiger charge is 2.17. The Morgan fingerprint density at radius 1 is 1.04 bits per heavy atom. The van der Waals surface area contributed by atoms with Crippen molar-refractivity contribution in [1.29, 1.82) is 0 Å². The molecule has 134 valence electrons. The predicted octanol–water partition coefficient (Wildman–Crippen LogP) is 5.10. The lowest BCUT2D eigenvalue weighted by atomic mass is 10.1. The van der Waals surface area contributed by atoms with Crippen molar-refractivity contribution < 1.29 is 4.79 Å². The Bertz CT molecular complexity index is 867. The van der Waals surface area contributed by atoms with Gasteiger partial charge in [0.25, 0.3) is 0 Å². The monoisotopic (exact) mass is 364 g/mol. The third-order valence-corrected chi connectivity index (χ3v) is 5.26. The van der Waals surface area contributed by atoms with Gasteiger partial charge in [0.2, 0.25) is 5.91 Å². The van der Waals surface area contributed by atoms with Gasteiger partial charge >= 0.3 is 0 Å². The SMILES string of the molecule is Cc1ccc(-c2sc(-c3ccccc3)nc2CC(=O)NCC(C)C)cc1. The average molecular weight is 365 g/mol. The van der Waals surface area contributed by atoms with E-state index in [2.05, 4.69) is 62.5 Å². The topological polar surface area (TPSA) is 42.0 Å². The van der Waals surface area contributed by atoms with Crippen molar-refractivity contribution in [3.05, 3.63) is 65.9 Å². The molecule has 0 saturated carbocycles. The summed E-state index contributed by atoms with van der Waals surface area (Å²) in [5, 5.41) is 3.94. The van der Waals surface area contributed by atoms with Crippen molar-refractivity contribution in [2.75, 3.05) is 6.54 Å². The quantitative estimate of drug-likeness (QED) is 0.661. The van der Waals surface area contributed by atoms with Crippen LogP contribution in [0.15, 0.2) is 54.6 Å². The number of aromatic nitrogens is 1. The number of benzene rings is 2. The Morgan fingerprint density at radius 3 is 2.38 bits per heavy atom. The normalized spacial score (nSPS) is 10.9. The fourth-order valence-electron chi connectivity index (χ4n) is 2.64. The molecule has 0 saturated heterocycles. The molecule has 3 nitrogen and oxygen atoms in total. The van der Waals surface area contributed by atoms with Gasteiger partial charge in [0.05, 0.1) is 17.0 Å². The third kappa shape index (κ3) is 4.58. The van der Waals surface area contributed by atoms with E-state index < -0.39 is 0 Å². The minimum Gasteiger partial charge on any atom is -0.356 e. The molecular formula is C22H24N2OS. The summed E-state index contributed by atoms with van der Waals surface area (Å²) in [6.45, 7) is 6.95. The second-order valence-electron chi connectivity index (χ2n) is 6.90. The molecule has 3 rings (SSSR count). The largest absolute Gasteiger partial charge is 0.356 e. The molecule has 0 fully saturated rings. The maximum absolute atomic E-state index is 12.4. The summed E-state index contributed by atoms with van der Waals surface area (Å²) in [6, 6.07) is 18.5. The molecule has 0 aliphatic heterocycles. The van der Waals surface area contributed by atoms with Gasteiger partial charge in [-0.25, -0.2) is 4.98 Å². The molecule has 1 amide bonds. The molecule has 0 aliphatic carbocycles. The van der Waals surface area contributed by atoms with Crippen LogP contribution >= 0.6 is 11.3 Å². The van der Waals surface area contributed by atoms with Crippen molar-refractivity contribution in [3.63, 3.8) is 0 Å². The molecule has 4 heteroatoms. The third-order valence-electron chi connectivity index (χ3n) is 4.07. The highest BCUT2D eigenvalue weighted by molar-refractivity contribution is 7.18. The molecule has 3 aromatic rings. The summed E-state index contributed by atoms with van der Waals surface area (Å²) in [7, 11) is 0. The van der Waals surface area contributed by atoms with Gasteiger partial charge in [-0.15, -0.1) is 11.3 Å². The Kier molecular flexibility index (Phi) is 5.84. The standard InChI is InChI=1S/C22H24N2OS/c1-15(2)14-23-20(25)13-19-21(17-11-9-16(3)10-12-17)26-22(24-19)18-7-5-4-6-8-18/h4-12,15H,13-14H2,1-3H3,(H,23,25). The lowest BCUT2D eigenvalue weighted by molar-refractivity contribution is -0.120. The number of amides is 1. The van der Waals surface area contributed by atoms with Gasteiger partial charge in [-0.3, -0.25) is 4.79 Å². The number of rotatable bonds is 6. The highest BCUT2D eigenvalue weighted by Crippen LogP contribution is 2.35. The van der Waals surface area contributed by atoms with Gasteiger partial charge in [0, 0.05) is 12.1 Å². The van der Waals surface area contributed by atoms with Crippen LogP contribution in [0.2, 0.25) is 0 Å². The Morgan fingerprint density at radius 2 is 1.73 bits per heavy atom. The minimum atomic E-state index is 0.0250. The second kappa shape index (κ2) is 8.28. The zero-order chi connectivity index (χ0) is 18.5. The number of nitrogens with zero attached hydrogens (tertiary/aromatic N) is 1. The number of carbonyl (C=O) groups excluding carboxylic acids is 1. The van der Waals surface area contributed by atoms with Crippen LogP contribution in [0.4, 0.5) is 0 Å². The Balaban J connectivity index is 1.94. The number of nitrogens with one attached hydrogen (secondary N) is 1. The molecule has 2 aromatic carbocycles. The summed E-state index contributed by atoms with van der Waals surface area (Å²) in [5.41, 5.74) is 4.26. The van der Waals surface area contributed by atoms with E-state index in [-0.39, 0.29) is 5.91 Å². The van der Waals surface area contributed by atoms with Gasteiger partial charge in [-0.2, -0.15) is 0 Å². The first-order chi connectivity index (χ1) is 12.5. The van der Waals surface area contributed by atoms with Crippen LogP contribution in [0.5, 0.6) is 0 Å². The summed E-state index contributed by atoms with van der Waals surface area (Å²) in [4.78, 5) is 18.2. The van der Waals surface area contributed by atoms with Crippen LogP contribution in [0.1, 0.15) is 25.1 Å². The molecule has 1 N–H and O–H groups in total. The first-order valence-electron chi connectivity index (χ1n) is 8.92. The van der Waals surface area contributed by atoms with Crippen LogP contribution in [0, 0.1) is 12.8 Å². The van der Waals surface area contributed by atoms with Crippen molar-refractivity contribution in [2.45, 2.75) is 27.2 Å². The van der Waals surface area contributed by atoms with E-state index in [9.17, 15) is 4.79 Å². The molecule has 0 bridgehead atoms. The molecule has 26 heavy (non-hydrogen) atoms. The van der Waals surface area contributed by atoms with Crippen LogP contribution in [-0.2, 0) is 11.2 Å². The first-order valence-corrected chi connectivity index (χ1v) is 9.73. The zero-order valence-electron chi connectivity index (χ0n) is 15.5. The summed E-state index contributed by atoms with van der Waals surface area (Å²) < 4.78 is 0. The van der Waals surface area contributed by atoms with E-state index >= 15 is 0 Å². The Hall–Kier alpha value is -2.46. The molecule has 0 spiro atoms. The molecular weight excluding hydrogens is 340 g/mol. The minimum absolute atomic E-state index is 0.0250. The fraction of sp³-hybridized carbons (Fsp3) is 0.273. The average Bonchev–Trinajstić information content (AvgIpc) is 3.05. The van der Waals surface area contributed by atoms with E-state index in [0.29, 0.717) is 18.9 Å². The molecule has 0 aliphatic rings. The summed E-state index contributed by atoms with van der Waals surface area (Å²) in [6.07, 6.45) is 0.305. The number of carbonyl (C=O) groups is 1. The van der Waals surface area contributed by atoms with E-state index in [4.69, 9.17) is 4.98 Å². The van der Waals surface area contributed by atoms with Gasteiger partial charge in [0.15, 0.2) is 0 Å². The number of hydrogen-bond acceptors (Lipinski definition) is 3. The maximum Gasteiger partial charge on any atom is 0.226 e. The van der Waals surface area contributed by atoms with Crippen LogP contribution in [0.3, 0.4) is 0 Å². The lowest BCUT2D eigenvalue weighted by Gasteiger charge is -2.07. The van der Waals surface area contributed by atoms with Crippen molar-refractivity contribution in [3.8, 4) is 21.0 Å². The van der Waals surface area contributed by atoms with E-state index in [1.165, 1.54) is 5.56 Å². The van der Waals surface area contributed by atoms with E-state index in [1.807, 2.05) is 18.2 Å². The van der Waals surface area contributed by atoms with Crippen molar-refractivity contribution in [1.82, 2.24) is 10.3 Å². The number of thiazole rings is 1. The number of aryl methyl sites for hydroxylation is 1. The molecule has 0 radical (unpaired) electrons. The van der Waals surface area contributed by atoms with Crippen molar-refractivity contribution in [2.24, 2.45) is 5.92 Å². The number of hydrogen-bond donors (Lipinski definition) is 1. The summed E-state index contributed by atoms with van der Waals surface area (Å²) >= 11 is 1.65. The van der Waals surface area contributed by atoms with Gasteiger partial charge < -0.3 is 5.32 Å². The van der Waals surface area contributed by atoms with E-state index in [1.54, 1.807) is 11.3 Å². The zero-order valence-corrected chi connectivity index (χ0v) is 16.3. The van der Waals surface area contributed by atoms with Gasteiger partial charge in [0.1, 0.15) is 5.01 Å². The molecule has 1 aromatic heterocycles. The smallest absolute Gasteiger partial charge is 0.226 e. The molecule has 1 heterocycles. The van der Waals surface area contributed by atoms with Gasteiger partial charge in [-0.1, -0.05) is 74.0 Å². The Labute approximate surface area is 159 Å². The lowest BCUT2D eigenvalue weighted by Crippen LogP contribution is -2.28. The first kappa shape index (κ1) is 18.3. The van der Waals surface area contributed by atoms with Crippen LogP contribution < -0.4 is 5.32 Å². The van der Waals surface area contributed by atoms with Gasteiger partial charge in [-0.05, 0) is 18.4 Å². The maximum atomic E-state index is 12.4. The van der Waals surface area contributed by atoms with E-state index in [0.717, 1.165) is 26.7 Å². The molecule has 0 unspecified atom stereocenters. The second-order valence-corrected chi connectivity index (χ2v) is 7.90. The van der Waals surface area contributed by atoms with Crippen LogP contribution in [0.25, 0.3) is 21.0 Å². The summed E-state index contributed by atoms with van der Waals surface area (Å²) in [5.74, 6) is 0.461.